The molecule has 0 saturated carbocycles. The largest absolute Gasteiger partial charge is 0.490 e. The van der Waals surface area contributed by atoms with Gasteiger partial charge in [0.15, 0.2) is 0 Å². The van der Waals surface area contributed by atoms with E-state index < -0.39 is 18.2 Å². The van der Waals surface area contributed by atoms with Gasteiger partial charge < -0.3 is 26.8 Å². The zero-order valence-corrected chi connectivity index (χ0v) is 20.7. The van der Waals surface area contributed by atoms with Gasteiger partial charge in [0.05, 0.1) is 6.54 Å². The van der Waals surface area contributed by atoms with E-state index in [-0.39, 0.29) is 18.4 Å². The van der Waals surface area contributed by atoms with Crippen molar-refractivity contribution in [1.29, 1.82) is 0 Å². The number of rotatable bonds is 10. The van der Waals surface area contributed by atoms with Gasteiger partial charge in [0.2, 0.25) is 11.8 Å². The molecule has 0 bridgehead atoms. The average Bonchev–Trinajstić information content (AvgIpc) is 2.90. The third kappa shape index (κ3) is 9.49. The lowest BCUT2D eigenvalue weighted by molar-refractivity contribution is -0.192. The van der Waals surface area contributed by atoms with Crippen molar-refractivity contribution in [2.24, 2.45) is 11.5 Å². The number of hydrogen-bond acceptors (Lipinski definition) is 5. The fraction of sp³-hybridized carbons (Fsp3) is 0.296. The number of amides is 2. The first-order valence-corrected chi connectivity index (χ1v) is 11.9. The number of carboxylic acids is 1. The molecule has 0 radical (unpaired) electrons. The van der Waals surface area contributed by atoms with E-state index in [4.69, 9.17) is 21.4 Å². The molecule has 0 aliphatic heterocycles. The van der Waals surface area contributed by atoms with Crippen LogP contribution < -0.4 is 16.8 Å². The standard InChI is InChI=1S/C25H30N4O2.C2HF3O2/c26-15-6-11-23(29(24(30)18-27)16-14-19-7-2-1-3-8-19)25(31)28-22-13-12-20-9-4-5-10-21(20)17-22;3-2(4,5)1(6)7/h1-5,7-10,12-13,17,23H,6,11,14-16,18,26-27H2,(H,28,31);(H,6,7)/t23-;/m0./s1. The molecule has 0 saturated heterocycles. The van der Waals surface area contributed by atoms with Gasteiger partial charge in [-0.1, -0.05) is 60.7 Å². The van der Waals surface area contributed by atoms with Gasteiger partial charge in [-0.25, -0.2) is 4.79 Å². The average molecular weight is 533 g/mol. The molecule has 11 heteroatoms. The number of hydrogen-bond donors (Lipinski definition) is 4. The van der Waals surface area contributed by atoms with Crippen molar-refractivity contribution in [1.82, 2.24) is 4.90 Å². The summed E-state index contributed by atoms with van der Waals surface area (Å²) in [4.78, 5) is 36.4. The maximum absolute atomic E-state index is 13.2. The summed E-state index contributed by atoms with van der Waals surface area (Å²) in [5.74, 6) is -3.22. The van der Waals surface area contributed by atoms with Gasteiger partial charge in [0.1, 0.15) is 6.04 Å². The predicted molar refractivity (Wildman–Crippen MR) is 139 cm³/mol. The Morgan fingerprint density at radius 2 is 1.53 bits per heavy atom. The molecule has 8 nitrogen and oxygen atoms in total. The van der Waals surface area contributed by atoms with Gasteiger partial charge in [-0.2, -0.15) is 13.2 Å². The fourth-order valence-corrected chi connectivity index (χ4v) is 3.70. The van der Waals surface area contributed by atoms with E-state index in [0.717, 1.165) is 16.3 Å². The number of halogens is 3. The number of carbonyl (C=O) groups is 3. The molecule has 1 atom stereocenters. The van der Waals surface area contributed by atoms with Crippen molar-refractivity contribution in [3.8, 4) is 0 Å². The van der Waals surface area contributed by atoms with Gasteiger partial charge in [-0.15, -0.1) is 0 Å². The van der Waals surface area contributed by atoms with Crippen molar-refractivity contribution in [3.63, 3.8) is 0 Å². The van der Waals surface area contributed by atoms with Crippen LogP contribution in [0.25, 0.3) is 10.8 Å². The summed E-state index contributed by atoms with van der Waals surface area (Å²) in [6, 6.07) is 23.0. The molecule has 0 aromatic heterocycles. The quantitative estimate of drug-likeness (QED) is 0.315. The minimum Gasteiger partial charge on any atom is -0.475 e. The summed E-state index contributed by atoms with van der Waals surface area (Å²) in [6.45, 7) is 0.723. The number of nitrogens with one attached hydrogen (secondary N) is 1. The first kappa shape index (κ1) is 30.3. The zero-order valence-electron chi connectivity index (χ0n) is 20.7. The molecule has 0 unspecified atom stereocenters. The van der Waals surface area contributed by atoms with Gasteiger partial charge in [-0.05, 0) is 54.3 Å². The minimum absolute atomic E-state index is 0.142. The normalized spacial score (nSPS) is 11.7. The highest BCUT2D eigenvalue weighted by molar-refractivity contribution is 5.99. The minimum atomic E-state index is -5.08. The zero-order chi connectivity index (χ0) is 28.1. The monoisotopic (exact) mass is 532 g/mol. The summed E-state index contributed by atoms with van der Waals surface area (Å²) in [5.41, 5.74) is 13.2. The number of carbonyl (C=O) groups excluding carboxylic acids is 2. The summed E-state index contributed by atoms with van der Waals surface area (Å²) in [6.07, 6.45) is -3.32. The van der Waals surface area contributed by atoms with Crippen molar-refractivity contribution >= 4 is 34.2 Å². The Kier molecular flexibility index (Phi) is 11.7. The molecule has 0 spiro atoms. The van der Waals surface area contributed by atoms with Crippen LogP contribution in [0.5, 0.6) is 0 Å². The van der Waals surface area contributed by atoms with Crippen LogP contribution in [0.1, 0.15) is 18.4 Å². The first-order chi connectivity index (χ1) is 18.1. The molecular weight excluding hydrogens is 501 g/mol. The second-order valence-electron chi connectivity index (χ2n) is 8.33. The second kappa shape index (κ2) is 14.7. The second-order valence-corrected chi connectivity index (χ2v) is 8.33. The summed E-state index contributed by atoms with van der Waals surface area (Å²) >= 11 is 0. The van der Waals surface area contributed by atoms with Crippen molar-refractivity contribution in [3.05, 3.63) is 78.4 Å². The maximum Gasteiger partial charge on any atom is 0.490 e. The number of aliphatic carboxylic acids is 1. The Hall–Kier alpha value is -3.96. The van der Waals surface area contributed by atoms with Crippen molar-refractivity contribution in [2.75, 3.05) is 25.0 Å². The van der Waals surface area contributed by atoms with Crippen molar-refractivity contribution in [2.45, 2.75) is 31.5 Å². The Labute approximate surface area is 218 Å². The molecule has 3 aromatic carbocycles. The first-order valence-electron chi connectivity index (χ1n) is 11.9. The number of carboxylic acid groups (broad SMARTS) is 1. The van der Waals surface area contributed by atoms with Crippen LogP contribution in [0.2, 0.25) is 0 Å². The summed E-state index contributed by atoms with van der Waals surface area (Å²) in [5, 5.41) is 12.3. The van der Waals surface area contributed by atoms with Crippen LogP contribution >= 0.6 is 0 Å². The van der Waals surface area contributed by atoms with E-state index in [2.05, 4.69) is 5.32 Å². The highest BCUT2D eigenvalue weighted by Gasteiger charge is 2.38. The lowest BCUT2D eigenvalue weighted by atomic mass is 10.1. The van der Waals surface area contributed by atoms with Gasteiger partial charge >= 0.3 is 12.1 Å². The molecule has 0 fully saturated rings. The molecular formula is C27H31F3N4O4. The number of nitrogens with zero attached hydrogens (tertiary/aromatic N) is 1. The maximum atomic E-state index is 13.2. The van der Waals surface area contributed by atoms with E-state index in [1.165, 1.54) is 0 Å². The van der Waals surface area contributed by atoms with E-state index in [0.29, 0.717) is 38.0 Å². The number of alkyl halides is 3. The SMILES string of the molecule is NCCC[C@@H](C(=O)Nc1ccc2ccccc2c1)N(CCc1ccccc1)C(=O)CN.O=C(O)C(F)(F)F. The van der Waals surface area contributed by atoms with Gasteiger partial charge in [-0.3, -0.25) is 9.59 Å². The lowest BCUT2D eigenvalue weighted by Crippen LogP contribution is -2.50. The van der Waals surface area contributed by atoms with Crippen LogP contribution in [0, 0.1) is 0 Å². The number of fused-ring (bicyclic) bond motifs is 1. The molecule has 0 aliphatic carbocycles. The molecule has 3 aromatic rings. The third-order valence-electron chi connectivity index (χ3n) is 5.60. The topological polar surface area (TPSA) is 139 Å². The Balaban J connectivity index is 0.000000638. The Morgan fingerprint density at radius 3 is 2.11 bits per heavy atom. The highest BCUT2D eigenvalue weighted by Crippen LogP contribution is 2.20. The fourth-order valence-electron chi connectivity index (χ4n) is 3.70. The lowest BCUT2D eigenvalue weighted by Gasteiger charge is -2.31. The van der Waals surface area contributed by atoms with Crippen LogP contribution in [0.15, 0.2) is 72.8 Å². The summed E-state index contributed by atoms with van der Waals surface area (Å²) < 4.78 is 31.7. The smallest absolute Gasteiger partial charge is 0.475 e. The Morgan fingerprint density at radius 1 is 0.921 bits per heavy atom. The van der Waals surface area contributed by atoms with Gasteiger partial charge in [0.25, 0.3) is 0 Å². The van der Waals surface area contributed by atoms with Crippen LogP contribution in [0.4, 0.5) is 18.9 Å². The molecule has 2 amide bonds. The molecule has 204 valence electrons. The molecule has 38 heavy (non-hydrogen) atoms. The molecule has 0 aliphatic rings. The van der Waals surface area contributed by atoms with E-state index >= 15 is 0 Å². The molecule has 3 rings (SSSR count). The predicted octanol–water partition coefficient (Wildman–Crippen LogP) is 3.55. The summed E-state index contributed by atoms with van der Waals surface area (Å²) in [7, 11) is 0. The molecule has 6 N–H and O–H groups in total. The van der Waals surface area contributed by atoms with Crippen molar-refractivity contribution < 1.29 is 32.7 Å². The highest BCUT2D eigenvalue weighted by atomic mass is 19.4. The van der Waals surface area contributed by atoms with Gasteiger partial charge in [0, 0.05) is 12.2 Å². The molecule has 0 heterocycles. The van der Waals surface area contributed by atoms with Crippen LogP contribution in [0.3, 0.4) is 0 Å². The number of nitrogens with two attached hydrogens (primary N) is 2. The number of anilines is 1. The van der Waals surface area contributed by atoms with Crippen LogP contribution in [-0.2, 0) is 20.8 Å². The third-order valence-corrected chi connectivity index (χ3v) is 5.60. The number of benzene rings is 3. The van der Waals surface area contributed by atoms with E-state index in [1.807, 2.05) is 72.8 Å². The van der Waals surface area contributed by atoms with Crippen LogP contribution in [-0.4, -0.2) is 59.6 Å². The Bertz CT molecular complexity index is 1210. The van der Waals surface area contributed by atoms with E-state index in [1.54, 1.807) is 4.90 Å². The van der Waals surface area contributed by atoms with E-state index in [9.17, 15) is 22.8 Å².